The summed E-state index contributed by atoms with van der Waals surface area (Å²) >= 11 is 0. The van der Waals surface area contributed by atoms with Crippen LogP contribution in [0.4, 0.5) is 14.5 Å². The molecule has 0 amide bonds. The largest absolute Gasteiger partial charge is 0.489 e. The maximum atomic E-state index is 13.1. The highest BCUT2D eigenvalue weighted by molar-refractivity contribution is 5.80. The average molecular weight is 338 g/mol. The van der Waals surface area contributed by atoms with E-state index in [9.17, 15) is 8.78 Å². The van der Waals surface area contributed by atoms with Crippen molar-refractivity contribution in [2.75, 3.05) is 5.43 Å². The highest BCUT2D eigenvalue weighted by Crippen LogP contribution is 2.17. The molecule has 0 aliphatic heterocycles. The number of nitrogens with one attached hydrogen (secondary N) is 1. The Morgan fingerprint density at radius 2 is 1.64 bits per heavy atom. The van der Waals surface area contributed by atoms with Crippen molar-refractivity contribution in [3.63, 3.8) is 0 Å². The Hall–Kier alpha value is -3.21. The van der Waals surface area contributed by atoms with Crippen LogP contribution in [0.1, 0.15) is 11.1 Å². The lowest BCUT2D eigenvalue weighted by molar-refractivity contribution is 0.303. The molecular formula is C20H16F2N2O. The zero-order valence-corrected chi connectivity index (χ0v) is 13.3. The maximum Gasteiger partial charge on any atom is 0.162 e. The molecule has 0 saturated carbocycles. The van der Waals surface area contributed by atoms with E-state index < -0.39 is 11.6 Å². The standard InChI is InChI=1S/C20H16F2N2O/c21-19-11-10-18(12-20(19)22)25-14-16-8-6-15(7-9-16)13-23-24-17-4-2-1-3-5-17/h1-13,24H,14H2. The SMILES string of the molecule is Fc1ccc(OCc2ccc(C=NNc3ccccc3)cc2)cc1F. The highest BCUT2D eigenvalue weighted by atomic mass is 19.2. The zero-order valence-electron chi connectivity index (χ0n) is 13.3. The van der Waals surface area contributed by atoms with Gasteiger partial charge in [0, 0.05) is 6.07 Å². The third-order valence-electron chi connectivity index (χ3n) is 3.46. The van der Waals surface area contributed by atoms with Crippen LogP contribution in [0.15, 0.2) is 77.9 Å². The Labute approximate surface area is 144 Å². The number of rotatable bonds is 6. The molecule has 5 heteroatoms. The molecule has 0 radical (unpaired) electrons. The molecule has 3 aromatic carbocycles. The van der Waals surface area contributed by atoms with E-state index in [1.54, 1.807) is 6.21 Å². The van der Waals surface area contributed by atoms with Crippen molar-refractivity contribution < 1.29 is 13.5 Å². The van der Waals surface area contributed by atoms with E-state index >= 15 is 0 Å². The maximum absolute atomic E-state index is 13.1. The molecule has 3 rings (SSSR count). The lowest BCUT2D eigenvalue weighted by Crippen LogP contribution is -1.97. The van der Waals surface area contributed by atoms with Crippen LogP contribution in [0.3, 0.4) is 0 Å². The minimum atomic E-state index is -0.921. The minimum Gasteiger partial charge on any atom is -0.489 e. The Morgan fingerprint density at radius 3 is 2.36 bits per heavy atom. The van der Waals surface area contributed by atoms with E-state index in [0.29, 0.717) is 0 Å². The summed E-state index contributed by atoms with van der Waals surface area (Å²) in [4.78, 5) is 0. The van der Waals surface area contributed by atoms with Gasteiger partial charge in [0.05, 0.1) is 11.9 Å². The van der Waals surface area contributed by atoms with Gasteiger partial charge in [-0.2, -0.15) is 5.10 Å². The predicted molar refractivity (Wildman–Crippen MR) is 94.8 cm³/mol. The second-order valence-corrected chi connectivity index (χ2v) is 5.34. The van der Waals surface area contributed by atoms with Gasteiger partial charge in [-0.3, -0.25) is 5.43 Å². The first-order chi connectivity index (χ1) is 12.2. The van der Waals surface area contributed by atoms with Gasteiger partial charge in [0.25, 0.3) is 0 Å². The molecule has 0 unspecified atom stereocenters. The van der Waals surface area contributed by atoms with Crippen LogP contribution < -0.4 is 10.2 Å². The quantitative estimate of drug-likeness (QED) is 0.507. The predicted octanol–water partition coefficient (Wildman–Crippen LogP) is 4.99. The van der Waals surface area contributed by atoms with Gasteiger partial charge in [-0.15, -0.1) is 0 Å². The summed E-state index contributed by atoms with van der Waals surface area (Å²) < 4.78 is 31.4. The Bertz CT molecular complexity index is 849. The second kappa shape index (κ2) is 8.06. The molecule has 1 N–H and O–H groups in total. The topological polar surface area (TPSA) is 33.6 Å². The Morgan fingerprint density at radius 1 is 0.880 bits per heavy atom. The first-order valence-corrected chi connectivity index (χ1v) is 7.71. The first kappa shape index (κ1) is 16.6. The monoisotopic (exact) mass is 338 g/mol. The Kier molecular flexibility index (Phi) is 5.36. The van der Waals surface area contributed by atoms with E-state index in [-0.39, 0.29) is 12.4 Å². The molecule has 25 heavy (non-hydrogen) atoms. The van der Waals surface area contributed by atoms with E-state index in [1.807, 2.05) is 54.6 Å². The molecule has 0 atom stereocenters. The minimum absolute atomic E-state index is 0.269. The summed E-state index contributed by atoms with van der Waals surface area (Å²) in [7, 11) is 0. The van der Waals surface area contributed by atoms with Crippen molar-refractivity contribution in [3.05, 3.63) is 95.6 Å². The van der Waals surface area contributed by atoms with Gasteiger partial charge in [0.2, 0.25) is 0 Å². The van der Waals surface area contributed by atoms with E-state index in [4.69, 9.17) is 4.74 Å². The molecule has 0 spiro atoms. The van der Waals surface area contributed by atoms with Crippen molar-refractivity contribution in [2.45, 2.75) is 6.61 Å². The van der Waals surface area contributed by atoms with Crippen molar-refractivity contribution >= 4 is 11.9 Å². The molecule has 3 nitrogen and oxygen atoms in total. The number of hydrogen-bond acceptors (Lipinski definition) is 3. The van der Waals surface area contributed by atoms with Crippen molar-refractivity contribution in [3.8, 4) is 5.75 Å². The summed E-state index contributed by atoms with van der Waals surface area (Å²) in [6.45, 7) is 0.269. The van der Waals surface area contributed by atoms with Gasteiger partial charge >= 0.3 is 0 Å². The fraction of sp³-hybridized carbons (Fsp3) is 0.0500. The van der Waals surface area contributed by atoms with Gasteiger partial charge < -0.3 is 4.74 Å². The molecule has 0 heterocycles. The Balaban J connectivity index is 1.54. The van der Waals surface area contributed by atoms with Crippen LogP contribution in [0, 0.1) is 11.6 Å². The number of hydrazone groups is 1. The molecular weight excluding hydrogens is 322 g/mol. The summed E-state index contributed by atoms with van der Waals surface area (Å²) in [6, 6.07) is 20.7. The smallest absolute Gasteiger partial charge is 0.162 e. The summed E-state index contributed by atoms with van der Waals surface area (Å²) in [6.07, 6.45) is 1.72. The van der Waals surface area contributed by atoms with Gasteiger partial charge in [-0.25, -0.2) is 8.78 Å². The van der Waals surface area contributed by atoms with Crippen LogP contribution >= 0.6 is 0 Å². The zero-order chi connectivity index (χ0) is 17.5. The molecule has 0 aromatic heterocycles. The number of halogens is 2. The van der Waals surface area contributed by atoms with E-state index in [1.165, 1.54) is 6.07 Å². The molecule has 3 aromatic rings. The molecule has 126 valence electrons. The average Bonchev–Trinajstić information content (AvgIpc) is 2.65. The number of benzene rings is 3. The fourth-order valence-corrected chi connectivity index (χ4v) is 2.13. The molecule has 0 saturated heterocycles. The number of ether oxygens (including phenoxy) is 1. The number of nitrogens with zero attached hydrogens (tertiary/aromatic N) is 1. The third-order valence-corrected chi connectivity index (χ3v) is 3.46. The summed E-state index contributed by atoms with van der Waals surface area (Å²) in [5.41, 5.74) is 5.70. The lowest BCUT2D eigenvalue weighted by atomic mass is 10.1. The number of hydrogen-bond donors (Lipinski definition) is 1. The summed E-state index contributed by atoms with van der Waals surface area (Å²) in [5.74, 6) is -1.52. The van der Waals surface area contributed by atoms with Crippen LogP contribution in [0.2, 0.25) is 0 Å². The van der Waals surface area contributed by atoms with Crippen molar-refractivity contribution in [2.24, 2.45) is 5.10 Å². The molecule has 0 aliphatic carbocycles. The molecule has 0 bridgehead atoms. The van der Waals surface area contributed by atoms with E-state index in [0.717, 1.165) is 28.9 Å². The normalized spacial score (nSPS) is 10.8. The van der Waals surface area contributed by atoms with Crippen LogP contribution in [-0.2, 0) is 6.61 Å². The van der Waals surface area contributed by atoms with E-state index in [2.05, 4.69) is 10.5 Å². The molecule has 0 aliphatic rings. The summed E-state index contributed by atoms with van der Waals surface area (Å²) in [5, 5.41) is 4.17. The van der Waals surface area contributed by atoms with Crippen LogP contribution in [0.25, 0.3) is 0 Å². The number of para-hydroxylation sites is 1. The van der Waals surface area contributed by atoms with Gasteiger partial charge in [0.15, 0.2) is 11.6 Å². The third kappa shape index (κ3) is 4.88. The number of anilines is 1. The fourth-order valence-electron chi connectivity index (χ4n) is 2.13. The van der Waals surface area contributed by atoms with Crippen LogP contribution in [0.5, 0.6) is 5.75 Å². The lowest BCUT2D eigenvalue weighted by Gasteiger charge is -2.07. The second-order valence-electron chi connectivity index (χ2n) is 5.34. The van der Waals surface area contributed by atoms with Crippen LogP contribution in [-0.4, -0.2) is 6.21 Å². The van der Waals surface area contributed by atoms with Crippen molar-refractivity contribution in [1.29, 1.82) is 0 Å². The molecule has 0 fully saturated rings. The first-order valence-electron chi connectivity index (χ1n) is 7.71. The van der Waals surface area contributed by atoms with Gasteiger partial charge in [-0.1, -0.05) is 42.5 Å². The van der Waals surface area contributed by atoms with Gasteiger partial charge in [-0.05, 0) is 35.4 Å². The highest BCUT2D eigenvalue weighted by Gasteiger charge is 2.03. The van der Waals surface area contributed by atoms with Crippen molar-refractivity contribution in [1.82, 2.24) is 0 Å². The van der Waals surface area contributed by atoms with Gasteiger partial charge in [0.1, 0.15) is 12.4 Å².